The van der Waals surface area contributed by atoms with Gasteiger partial charge in [-0.05, 0) is 23.1 Å². The van der Waals surface area contributed by atoms with Crippen LogP contribution in [0.3, 0.4) is 0 Å². The number of carbonyl (C=O) groups is 3. The van der Waals surface area contributed by atoms with Crippen LogP contribution in [-0.2, 0) is 33.9 Å². The zero-order valence-electron chi connectivity index (χ0n) is 16.2. The molecule has 2 aromatic carbocycles. The number of hydrogen-bond donors (Lipinski definition) is 2. The third-order valence-corrected chi connectivity index (χ3v) is 5.01. The van der Waals surface area contributed by atoms with E-state index in [0.717, 1.165) is 16.7 Å². The van der Waals surface area contributed by atoms with E-state index in [1.54, 1.807) is 6.92 Å². The lowest BCUT2D eigenvalue weighted by Gasteiger charge is -2.35. The Bertz CT molecular complexity index is 884. The molecule has 0 spiro atoms. The number of benzene rings is 2. The van der Waals surface area contributed by atoms with Crippen LogP contribution < -0.4 is 5.32 Å². The highest BCUT2D eigenvalue weighted by Gasteiger charge is 2.36. The molecule has 0 radical (unpaired) electrons. The maximum atomic E-state index is 12.8. The molecule has 152 valence electrons. The van der Waals surface area contributed by atoms with Gasteiger partial charge in [-0.15, -0.1) is 0 Å². The number of carbonyl (C=O) groups excluding carboxylic acids is 2. The zero-order chi connectivity index (χ0) is 20.8. The van der Waals surface area contributed by atoms with Crippen molar-refractivity contribution in [3.05, 3.63) is 71.3 Å². The van der Waals surface area contributed by atoms with E-state index in [1.165, 1.54) is 4.90 Å². The third-order valence-electron chi connectivity index (χ3n) is 5.01. The van der Waals surface area contributed by atoms with Crippen molar-refractivity contribution in [3.63, 3.8) is 0 Å². The van der Waals surface area contributed by atoms with Crippen LogP contribution >= 0.6 is 0 Å². The molecule has 2 aromatic rings. The van der Waals surface area contributed by atoms with Gasteiger partial charge in [-0.3, -0.25) is 9.69 Å². The number of hydrogen-bond acceptors (Lipinski definition) is 4. The van der Waals surface area contributed by atoms with Crippen LogP contribution in [0.25, 0.3) is 0 Å². The van der Waals surface area contributed by atoms with Gasteiger partial charge in [0.1, 0.15) is 18.7 Å². The van der Waals surface area contributed by atoms with Gasteiger partial charge in [0.15, 0.2) is 0 Å². The van der Waals surface area contributed by atoms with Crippen molar-refractivity contribution >= 4 is 18.0 Å². The Morgan fingerprint density at radius 2 is 1.76 bits per heavy atom. The average molecular weight is 396 g/mol. The number of fused-ring (bicyclic) bond motifs is 1. The van der Waals surface area contributed by atoms with Crippen molar-refractivity contribution in [1.29, 1.82) is 0 Å². The maximum absolute atomic E-state index is 12.8. The van der Waals surface area contributed by atoms with Crippen LogP contribution in [0, 0.1) is 0 Å². The van der Waals surface area contributed by atoms with Gasteiger partial charge in [-0.2, -0.15) is 0 Å². The Morgan fingerprint density at radius 1 is 1.10 bits per heavy atom. The molecule has 1 aliphatic rings. The second kappa shape index (κ2) is 9.23. The van der Waals surface area contributed by atoms with Crippen molar-refractivity contribution in [3.8, 4) is 0 Å². The minimum absolute atomic E-state index is 0.0961. The average Bonchev–Trinajstić information content (AvgIpc) is 2.75. The molecule has 0 aliphatic carbocycles. The molecular weight excluding hydrogens is 372 g/mol. The number of carboxylic acids is 1. The van der Waals surface area contributed by atoms with Gasteiger partial charge < -0.3 is 15.2 Å². The lowest BCUT2D eigenvalue weighted by atomic mass is 9.93. The number of nitrogens with zero attached hydrogens (tertiary/aromatic N) is 1. The molecule has 1 heterocycles. The van der Waals surface area contributed by atoms with Gasteiger partial charge in [-0.1, -0.05) is 61.5 Å². The first-order chi connectivity index (χ1) is 14.0. The molecule has 1 aliphatic heterocycles. The van der Waals surface area contributed by atoms with Gasteiger partial charge in [0.05, 0.1) is 6.54 Å². The highest BCUT2D eigenvalue weighted by Crippen LogP contribution is 2.24. The SMILES string of the molecule is CC[C@H](NC(=O)[C@@H]1Cc2ccccc2CN1C(=O)OCc1ccccc1)C(=O)O. The molecule has 0 saturated heterocycles. The minimum Gasteiger partial charge on any atom is -0.480 e. The number of aliphatic carboxylic acids is 1. The normalized spacial score (nSPS) is 16.4. The van der Waals surface area contributed by atoms with Crippen LogP contribution in [0.15, 0.2) is 54.6 Å². The fraction of sp³-hybridized carbons (Fsp3) is 0.318. The van der Waals surface area contributed by atoms with E-state index in [2.05, 4.69) is 5.32 Å². The Balaban J connectivity index is 1.78. The molecule has 0 bridgehead atoms. The molecule has 3 rings (SSSR count). The largest absolute Gasteiger partial charge is 0.480 e. The molecule has 2 N–H and O–H groups in total. The summed E-state index contributed by atoms with van der Waals surface area (Å²) in [5, 5.41) is 11.8. The lowest BCUT2D eigenvalue weighted by molar-refractivity contribution is -0.142. The van der Waals surface area contributed by atoms with Crippen LogP contribution in [0.4, 0.5) is 4.79 Å². The fourth-order valence-corrected chi connectivity index (χ4v) is 3.36. The molecule has 0 unspecified atom stereocenters. The van der Waals surface area contributed by atoms with Gasteiger partial charge >= 0.3 is 12.1 Å². The van der Waals surface area contributed by atoms with Crippen molar-refractivity contribution < 1.29 is 24.2 Å². The standard InChI is InChI=1S/C22H24N2O5/c1-2-18(21(26)27)23-20(25)19-12-16-10-6-7-11-17(16)13-24(19)22(28)29-14-15-8-4-3-5-9-15/h3-11,18-19H,2,12-14H2,1H3,(H,23,25)(H,26,27)/t18-,19-/m0/s1. The minimum atomic E-state index is -1.10. The van der Waals surface area contributed by atoms with Crippen molar-refractivity contribution in [1.82, 2.24) is 10.2 Å². The number of ether oxygens (including phenoxy) is 1. The molecule has 0 aromatic heterocycles. The molecule has 0 fully saturated rings. The number of carboxylic acid groups (broad SMARTS) is 1. The Kier molecular flexibility index (Phi) is 6.49. The number of nitrogens with one attached hydrogen (secondary N) is 1. The number of rotatable bonds is 6. The zero-order valence-corrected chi connectivity index (χ0v) is 16.2. The van der Waals surface area contributed by atoms with E-state index in [-0.39, 0.29) is 19.6 Å². The van der Waals surface area contributed by atoms with E-state index in [1.807, 2.05) is 54.6 Å². The molecule has 2 amide bonds. The van der Waals surface area contributed by atoms with Gasteiger partial charge in [0.25, 0.3) is 0 Å². The molecule has 7 nitrogen and oxygen atoms in total. The molecule has 29 heavy (non-hydrogen) atoms. The fourth-order valence-electron chi connectivity index (χ4n) is 3.36. The van der Waals surface area contributed by atoms with Gasteiger partial charge in [-0.25, -0.2) is 9.59 Å². The summed E-state index contributed by atoms with van der Waals surface area (Å²) in [6.07, 6.45) is -0.0479. The Morgan fingerprint density at radius 3 is 2.41 bits per heavy atom. The van der Waals surface area contributed by atoms with E-state index in [9.17, 15) is 19.5 Å². The summed E-state index contributed by atoms with van der Waals surface area (Å²) >= 11 is 0. The van der Waals surface area contributed by atoms with Crippen LogP contribution in [0.2, 0.25) is 0 Å². The van der Waals surface area contributed by atoms with E-state index < -0.39 is 30.1 Å². The smallest absolute Gasteiger partial charge is 0.411 e. The van der Waals surface area contributed by atoms with Crippen LogP contribution in [0.1, 0.15) is 30.0 Å². The predicted octanol–water partition coefficient (Wildman–Crippen LogP) is 2.73. The first-order valence-corrected chi connectivity index (χ1v) is 9.57. The molecular formula is C22H24N2O5. The first kappa shape index (κ1) is 20.4. The molecule has 7 heteroatoms. The Labute approximate surface area is 169 Å². The summed E-state index contributed by atoms with van der Waals surface area (Å²) in [4.78, 5) is 38.3. The Hall–Kier alpha value is -3.35. The van der Waals surface area contributed by atoms with Crippen LogP contribution in [0.5, 0.6) is 0 Å². The topological polar surface area (TPSA) is 95.9 Å². The van der Waals surface area contributed by atoms with E-state index in [4.69, 9.17) is 4.74 Å². The second-order valence-electron chi connectivity index (χ2n) is 6.96. The quantitative estimate of drug-likeness (QED) is 0.783. The number of amides is 2. The van der Waals surface area contributed by atoms with E-state index in [0.29, 0.717) is 6.42 Å². The van der Waals surface area contributed by atoms with Gasteiger partial charge in [0.2, 0.25) is 5.91 Å². The van der Waals surface area contributed by atoms with Crippen LogP contribution in [-0.4, -0.2) is 40.1 Å². The summed E-state index contributed by atoms with van der Waals surface area (Å²) in [7, 11) is 0. The summed E-state index contributed by atoms with van der Waals surface area (Å²) < 4.78 is 5.43. The third kappa shape index (κ3) is 4.93. The van der Waals surface area contributed by atoms with Gasteiger partial charge in [0, 0.05) is 6.42 Å². The summed E-state index contributed by atoms with van der Waals surface area (Å²) in [6.45, 7) is 2.01. The van der Waals surface area contributed by atoms with Crippen molar-refractivity contribution in [2.24, 2.45) is 0 Å². The lowest BCUT2D eigenvalue weighted by Crippen LogP contribution is -2.55. The van der Waals surface area contributed by atoms with Crippen molar-refractivity contribution in [2.75, 3.05) is 0 Å². The molecule has 0 saturated carbocycles. The first-order valence-electron chi connectivity index (χ1n) is 9.57. The monoisotopic (exact) mass is 396 g/mol. The highest BCUT2D eigenvalue weighted by atomic mass is 16.6. The molecule has 2 atom stereocenters. The summed E-state index contributed by atoms with van der Waals surface area (Å²) in [5.74, 6) is -1.60. The van der Waals surface area contributed by atoms with E-state index >= 15 is 0 Å². The predicted molar refractivity (Wildman–Crippen MR) is 106 cm³/mol. The maximum Gasteiger partial charge on any atom is 0.411 e. The van der Waals surface area contributed by atoms with Crippen molar-refractivity contribution in [2.45, 2.75) is 45.0 Å². The summed E-state index contributed by atoms with van der Waals surface area (Å²) in [6, 6.07) is 15.0. The second-order valence-corrected chi connectivity index (χ2v) is 6.96. The highest BCUT2D eigenvalue weighted by molar-refractivity contribution is 5.89. The summed E-state index contributed by atoms with van der Waals surface area (Å²) in [5.41, 5.74) is 2.75.